The van der Waals surface area contributed by atoms with E-state index in [1.165, 1.54) is 17.7 Å². The first-order valence-electron chi connectivity index (χ1n) is 12.2. The fraction of sp³-hybridized carbons (Fsp3) is 0.321. The second-order valence-corrected chi connectivity index (χ2v) is 9.81. The van der Waals surface area contributed by atoms with Gasteiger partial charge in [0.05, 0.1) is 5.69 Å². The highest BCUT2D eigenvalue weighted by atomic mass is 32.1. The number of aromatic nitrogens is 1. The van der Waals surface area contributed by atoms with Crippen LogP contribution in [0.3, 0.4) is 0 Å². The number of benzene rings is 2. The Hall–Kier alpha value is -3.45. The van der Waals surface area contributed by atoms with Crippen LogP contribution < -0.4 is 10.2 Å². The molecule has 1 aromatic heterocycles. The van der Waals surface area contributed by atoms with Crippen LogP contribution in [0.5, 0.6) is 0 Å². The van der Waals surface area contributed by atoms with Gasteiger partial charge in [0.2, 0.25) is 5.91 Å². The van der Waals surface area contributed by atoms with E-state index in [-0.39, 0.29) is 18.4 Å². The first-order valence-corrected chi connectivity index (χ1v) is 12.6. The number of thiocarbonyl (C=S) groups is 1. The Morgan fingerprint density at radius 3 is 2.51 bits per heavy atom. The fourth-order valence-electron chi connectivity index (χ4n) is 4.88. The molecule has 1 N–H and O–H groups in total. The number of para-hydroxylation sites is 1. The van der Waals surface area contributed by atoms with Crippen molar-refractivity contribution in [3.05, 3.63) is 71.0 Å². The Labute approximate surface area is 211 Å². The van der Waals surface area contributed by atoms with Crippen molar-refractivity contribution in [1.29, 1.82) is 0 Å². The molecule has 3 aromatic rings. The number of carbonyl (C=O) groups excluding carboxylic acids is 2. The lowest BCUT2D eigenvalue weighted by molar-refractivity contribution is -0.131. The molecule has 35 heavy (non-hydrogen) atoms. The number of fused-ring (bicyclic) bond motifs is 1. The smallest absolute Gasteiger partial charge is 0.281 e. The Kier molecular flexibility index (Phi) is 6.43. The maximum Gasteiger partial charge on any atom is 0.281 e. The summed E-state index contributed by atoms with van der Waals surface area (Å²) in [5.74, 6) is -0.0419. The first-order chi connectivity index (χ1) is 16.9. The second-order valence-electron chi connectivity index (χ2n) is 9.42. The summed E-state index contributed by atoms with van der Waals surface area (Å²) in [5.41, 5.74) is 5.30. The molecule has 6 nitrogen and oxygen atoms in total. The maximum absolute atomic E-state index is 13.3. The number of rotatable bonds is 4. The van der Waals surface area contributed by atoms with Gasteiger partial charge in [-0.1, -0.05) is 37.1 Å². The molecule has 7 heteroatoms. The highest BCUT2D eigenvalue weighted by Crippen LogP contribution is 2.28. The number of amides is 2. The normalized spacial score (nSPS) is 17.8. The van der Waals surface area contributed by atoms with Gasteiger partial charge in [0.25, 0.3) is 5.91 Å². The van der Waals surface area contributed by atoms with Crippen LogP contribution in [0.1, 0.15) is 42.4 Å². The Balaban J connectivity index is 1.44. The van der Waals surface area contributed by atoms with Crippen LogP contribution in [0.25, 0.3) is 17.0 Å². The summed E-state index contributed by atoms with van der Waals surface area (Å²) in [4.78, 5) is 29.9. The average molecular weight is 487 g/mol. The summed E-state index contributed by atoms with van der Waals surface area (Å²) < 4.78 is 1.99. The summed E-state index contributed by atoms with van der Waals surface area (Å²) >= 11 is 5.51. The minimum atomic E-state index is -0.185. The summed E-state index contributed by atoms with van der Waals surface area (Å²) in [7, 11) is 0. The minimum Gasteiger partial charge on any atom is -0.341 e. The lowest BCUT2D eigenvalue weighted by Crippen LogP contribution is -2.34. The molecule has 0 atom stereocenters. The van der Waals surface area contributed by atoms with Crippen LogP contribution in [-0.4, -0.2) is 39.5 Å². The standard InChI is InChI=1S/C28H30N4O2S/c1-19-11-12-22(15-20(19)2)32-27(34)24(29-28(32)35)16-21-17-31(25-10-6-5-9-23(21)25)18-26(33)30-13-7-3-4-8-14-30/h5-6,9-12,15-17H,3-4,7-8,13-14,18H2,1-2H3,(H,29,35)/b24-16-. The van der Waals surface area contributed by atoms with Crippen molar-refractivity contribution < 1.29 is 9.59 Å². The zero-order chi connectivity index (χ0) is 24.5. The van der Waals surface area contributed by atoms with Crippen LogP contribution in [0.15, 0.2) is 54.4 Å². The quantitative estimate of drug-likeness (QED) is 0.420. The number of anilines is 1. The van der Waals surface area contributed by atoms with Gasteiger partial charge in [-0.15, -0.1) is 0 Å². The Morgan fingerprint density at radius 2 is 1.77 bits per heavy atom. The summed E-state index contributed by atoms with van der Waals surface area (Å²) in [6.07, 6.45) is 8.32. The zero-order valence-electron chi connectivity index (χ0n) is 20.2. The molecule has 2 fully saturated rings. The van der Waals surface area contributed by atoms with E-state index in [1.54, 1.807) is 0 Å². The van der Waals surface area contributed by atoms with Crippen LogP contribution in [0.2, 0.25) is 0 Å². The number of nitrogens with one attached hydrogen (secondary N) is 1. The van der Waals surface area contributed by atoms with Gasteiger partial charge in [-0.3, -0.25) is 14.5 Å². The third kappa shape index (κ3) is 4.60. The molecule has 2 saturated heterocycles. The van der Waals surface area contributed by atoms with Crippen molar-refractivity contribution in [2.24, 2.45) is 0 Å². The topological polar surface area (TPSA) is 57.6 Å². The third-order valence-electron chi connectivity index (χ3n) is 7.01. The molecule has 0 radical (unpaired) electrons. The zero-order valence-corrected chi connectivity index (χ0v) is 21.0. The number of aryl methyl sites for hydroxylation is 2. The van der Waals surface area contributed by atoms with E-state index in [9.17, 15) is 9.59 Å². The molecular formula is C28H30N4O2S. The molecule has 2 amide bonds. The summed E-state index contributed by atoms with van der Waals surface area (Å²) in [6, 6.07) is 13.9. The van der Waals surface area contributed by atoms with E-state index in [2.05, 4.69) is 5.32 Å². The van der Waals surface area contributed by atoms with Crippen molar-refractivity contribution in [2.75, 3.05) is 18.0 Å². The fourth-order valence-corrected chi connectivity index (χ4v) is 5.17. The van der Waals surface area contributed by atoms with Crippen LogP contribution in [0, 0.1) is 13.8 Å². The minimum absolute atomic E-state index is 0.143. The molecule has 0 saturated carbocycles. The SMILES string of the molecule is Cc1ccc(N2C(=O)/C(=C/c3cn(CC(=O)N4CCCCCC4)c4ccccc34)NC2=S)cc1C. The summed E-state index contributed by atoms with van der Waals surface area (Å²) in [5, 5.41) is 4.45. The van der Waals surface area contributed by atoms with Crippen LogP contribution in [-0.2, 0) is 16.1 Å². The number of carbonyl (C=O) groups is 2. The van der Waals surface area contributed by atoms with E-state index in [4.69, 9.17) is 12.2 Å². The van der Waals surface area contributed by atoms with Gasteiger partial charge in [-0.2, -0.15) is 0 Å². The maximum atomic E-state index is 13.3. The highest BCUT2D eigenvalue weighted by Gasteiger charge is 2.32. The Morgan fingerprint density at radius 1 is 1.03 bits per heavy atom. The van der Waals surface area contributed by atoms with Crippen molar-refractivity contribution in [1.82, 2.24) is 14.8 Å². The van der Waals surface area contributed by atoms with Gasteiger partial charge in [0.15, 0.2) is 5.11 Å². The Bertz CT molecular complexity index is 1350. The molecule has 0 aliphatic carbocycles. The van der Waals surface area contributed by atoms with Crippen molar-refractivity contribution in [3.63, 3.8) is 0 Å². The van der Waals surface area contributed by atoms with Gasteiger partial charge in [-0.05, 0) is 74.3 Å². The molecule has 2 aliphatic heterocycles. The number of hydrogen-bond donors (Lipinski definition) is 1. The molecule has 0 spiro atoms. The predicted octanol–water partition coefficient (Wildman–Crippen LogP) is 4.92. The monoisotopic (exact) mass is 486 g/mol. The van der Waals surface area contributed by atoms with Crippen LogP contribution in [0.4, 0.5) is 5.69 Å². The van der Waals surface area contributed by atoms with E-state index < -0.39 is 0 Å². The van der Waals surface area contributed by atoms with Gasteiger partial charge in [0.1, 0.15) is 12.2 Å². The number of nitrogens with zero attached hydrogens (tertiary/aromatic N) is 3. The van der Waals surface area contributed by atoms with E-state index in [0.29, 0.717) is 10.8 Å². The van der Waals surface area contributed by atoms with E-state index in [0.717, 1.165) is 59.2 Å². The van der Waals surface area contributed by atoms with Gasteiger partial charge >= 0.3 is 0 Å². The molecule has 5 rings (SSSR count). The first kappa shape index (κ1) is 23.3. The average Bonchev–Trinajstić information content (AvgIpc) is 3.16. The van der Waals surface area contributed by atoms with E-state index in [1.807, 2.05) is 78.1 Å². The number of hydrogen-bond acceptors (Lipinski definition) is 3. The lowest BCUT2D eigenvalue weighted by Gasteiger charge is -2.20. The lowest BCUT2D eigenvalue weighted by atomic mass is 10.1. The van der Waals surface area contributed by atoms with Crippen molar-refractivity contribution >= 4 is 51.8 Å². The molecule has 3 heterocycles. The van der Waals surface area contributed by atoms with Gasteiger partial charge in [-0.25, -0.2) is 0 Å². The highest BCUT2D eigenvalue weighted by molar-refractivity contribution is 7.80. The molecule has 180 valence electrons. The molecule has 0 bridgehead atoms. The van der Waals surface area contributed by atoms with Crippen molar-refractivity contribution in [2.45, 2.75) is 46.1 Å². The van der Waals surface area contributed by atoms with Crippen LogP contribution >= 0.6 is 12.2 Å². The molecule has 2 aromatic carbocycles. The van der Waals surface area contributed by atoms with Gasteiger partial charge < -0.3 is 14.8 Å². The summed E-state index contributed by atoms with van der Waals surface area (Å²) in [6.45, 7) is 6.02. The molecular weight excluding hydrogens is 456 g/mol. The largest absolute Gasteiger partial charge is 0.341 e. The molecule has 2 aliphatic rings. The second kappa shape index (κ2) is 9.66. The number of likely N-dealkylation sites (tertiary alicyclic amines) is 1. The van der Waals surface area contributed by atoms with Crippen molar-refractivity contribution in [3.8, 4) is 0 Å². The van der Waals surface area contributed by atoms with Gasteiger partial charge in [0, 0.05) is 35.8 Å². The molecule has 0 unspecified atom stereocenters. The predicted molar refractivity (Wildman–Crippen MR) is 144 cm³/mol. The van der Waals surface area contributed by atoms with E-state index >= 15 is 0 Å². The third-order valence-corrected chi connectivity index (χ3v) is 7.30.